The van der Waals surface area contributed by atoms with Crippen molar-refractivity contribution in [1.29, 1.82) is 0 Å². The van der Waals surface area contributed by atoms with Crippen LogP contribution in [0.5, 0.6) is 5.75 Å². The third-order valence-corrected chi connectivity index (χ3v) is 4.31. The van der Waals surface area contributed by atoms with Crippen molar-refractivity contribution in [2.45, 2.75) is 38.8 Å². The fourth-order valence-corrected chi connectivity index (χ4v) is 2.62. The molecule has 4 nitrogen and oxygen atoms in total. The Bertz CT molecular complexity index is 613. The molecule has 0 aromatic heterocycles. The second kappa shape index (κ2) is 11.0. The molecule has 2 N–H and O–H groups in total. The Balaban J connectivity index is 1.56. The van der Waals surface area contributed by atoms with Crippen LogP contribution in [0.1, 0.15) is 43.9 Å². The van der Waals surface area contributed by atoms with Gasteiger partial charge in [0.15, 0.2) is 0 Å². The van der Waals surface area contributed by atoms with Crippen LogP contribution in [0.4, 0.5) is 0 Å². The summed E-state index contributed by atoms with van der Waals surface area (Å²) in [7, 11) is 0. The smallest absolute Gasteiger partial charge is 0.119 e. The largest absolute Gasteiger partial charge is 0.491 e. The first-order valence-electron chi connectivity index (χ1n) is 9.33. The monoisotopic (exact) mass is 357 g/mol. The van der Waals surface area contributed by atoms with Crippen molar-refractivity contribution in [3.8, 4) is 5.75 Å². The summed E-state index contributed by atoms with van der Waals surface area (Å²) in [6.07, 6.45) is -0.536. The third kappa shape index (κ3) is 7.16. The molecule has 26 heavy (non-hydrogen) atoms. The SMILES string of the molecule is CC(C)c1ccc(OCCOC[C@@H](O)CN[C@@H](C)c2ccccc2)cc1. The number of aliphatic hydroxyl groups is 1. The van der Waals surface area contributed by atoms with Crippen molar-refractivity contribution < 1.29 is 14.6 Å². The molecule has 0 fully saturated rings. The molecule has 2 aromatic rings. The number of rotatable bonds is 11. The lowest BCUT2D eigenvalue weighted by Gasteiger charge is -2.17. The summed E-state index contributed by atoms with van der Waals surface area (Å²) in [5.74, 6) is 1.36. The van der Waals surface area contributed by atoms with Crippen molar-refractivity contribution in [2.75, 3.05) is 26.4 Å². The number of ether oxygens (including phenoxy) is 2. The van der Waals surface area contributed by atoms with Crippen LogP contribution in [0, 0.1) is 0 Å². The highest BCUT2D eigenvalue weighted by molar-refractivity contribution is 5.28. The molecule has 0 saturated carbocycles. The van der Waals surface area contributed by atoms with Gasteiger partial charge in [-0.15, -0.1) is 0 Å². The topological polar surface area (TPSA) is 50.7 Å². The highest BCUT2D eigenvalue weighted by atomic mass is 16.5. The maximum atomic E-state index is 10.0. The number of aliphatic hydroxyl groups excluding tert-OH is 1. The molecule has 0 saturated heterocycles. The van der Waals surface area contributed by atoms with Gasteiger partial charge in [0.2, 0.25) is 0 Å². The lowest BCUT2D eigenvalue weighted by Crippen LogP contribution is -2.32. The van der Waals surface area contributed by atoms with E-state index >= 15 is 0 Å². The fourth-order valence-electron chi connectivity index (χ4n) is 2.62. The van der Waals surface area contributed by atoms with Gasteiger partial charge in [0, 0.05) is 12.6 Å². The molecule has 2 rings (SSSR count). The first kappa shape index (κ1) is 20.4. The molecule has 0 spiro atoms. The minimum absolute atomic E-state index is 0.197. The second-order valence-corrected chi connectivity index (χ2v) is 6.84. The van der Waals surface area contributed by atoms with E-state index in [0.29, 0.717) is 32.3 Å². The maximum Gasteiger partial charge on any atom is 0.119 e. The predicted octanol–water partition coefficient (Wildman–Crippen LogP) is 3.92. The highest BCUT2D eigenvalue weighted by Gasteiger charge is 2.08. The zero-order valence-corrected chi connectivity index (χ0v) is 16.0. The first-order valence-corrected chi connectivity index (χ1v) is 9.33. The Morgan fingerprint density at radius 2 is 1.58 bits per heavy atom. The van der Waals surface area contributed by atoms with Gasteiger partial charge in [0.05, 0.1) is 19.3 Å². The van der Waals surface area contributed by atoms with E-state index in [2.05, 4.69) is 50.4 Å². The Morgan fingerprint density at radius 3 is 2.23 bits per heavy atom. The van der Waals surface area contributed by atoms with Crippen molar-refractivity contribution in [1.82, 2.24) is 5.32 Å². The van der Waals surface area contributed by atoms with Gasteiger partial charge >= 0.3 is 0 Å². The van der Waals surface area contributed by atoms with Gasteiger partial charge in [0.1, 0.15) is 12.4 Å². The molecule has 0 heterocycles. The van der Waals surface area contributed by atoms with Crippen LogP contribution < -0.4 is 10.1 Å². The van der Waals surface area contributed by atoms with Gasteiger partial charge in [-0.1, -0.05) is 56.3 Å². The van der Waals surface area contributed by atoms with Gasteiger partial charge in [0.25, 0.3) is 0 Å². The molecule has 4 heteroatoms. The summed E-state index contributed by atoms with van der Waals surface area (Å²) in [4.78, 5) is 0. The van der Waals surface area contributed by atoms with Gasteiger partial charge in [-0.25, -0.2) is 0 Å². The maximum absolute atomic E-state index is 10.0. The zero-order valence-electron chi connectivity index (χ0n) is 16.0. The van der Waals surface area contributed by atoms with Gasteiger partial charge in [-0.2, -0.15) is 0 Å². The Labute approximate surface area is 157 Å². The number of benzene rings is 2. The summed E-state index contributed by atoms with van der Waals surface area (Å²) in [5.41, 5.74) is 2.51. The summed E-state index contributed by atoms with van der Waals surface area (Å²) >= 11 is 0. The molecule has 2 atom stereocenters. The van der Waals surface area contributed by atoms with E-state index in [1.165, 1.54) is 11.1 Å². The van der Waals surface area contributed by atoms with Crippen LogP contribution in [0.2, 0.25) is 0 Å². The summed E-state index contributed by atoms with van der Waals surface area (Å²) < 4.78 is 11.2. The summed E-state index contributed by atoms with van der Waals surface area (Å²) in [6, 6.07) is 18.5. The minimum Gasteiger partial charge on any atom is -0.491 e. The van der Waals surface area contributed by atoms with Crippen molar-refractivity contribution in [2.24, 2.45) is 0 Å². The standard InChI is InChI=1S/C22H31NO3/c1-17(2)19-9-11-22(12-10-19)26-14-13-25-16-21(24)15-23-18(3)20-7-5-4-6-8-20/h4-12,17-18,21,23-24H,13-16H2,1-3H3/t18-,21-/m0/s1. The average molecular weight is 357 g/mol. The normalized spacial score (nSPS) is 13.6. The zero-order chi connectivity index (χ0) is 18.8. The molecule has 0 aliphatic carbocycles. The van der Waals surface area contributed by atoms with E-state index in [1.807, 2.05) is 30.3 Å². The van der Waals surface area contributed by atoms with Crippen molar-refractivity contribution >= 4 is 0 Å². The summed E-state index contributed by atoms with van der Waals surface area (Å²) in [5, 5.41) is 13.3. The van der Waals surface area contributed by atoms with Crippen LogP contribution in [0.25, 0.3) is 0 Å². The van der Waals surface area contributed by atoms with Gasteiger partial charge in [-0.3, -0.25) is 0 Å². The molecule has 0 radical (unpaired) electrons. The third-order valence-electron chi connectivity index (χ3n) is 4.31. The van der Waals surface area contributed by atoms with Crippen molar-refractivity contribution in [3.05, 3.63) is 65.7 Å². The molecule has 142 valence electrons. The van der Waals surface area contributed by atoms with E-state index in [-0.39, 0.29) is 6.04 Å². The quantitative estimate of drug-likeness (QED) is 0.599. The minimum atomic E-state index is -0.536. The van der Waals surface area contributed by atoms with Crippen molar-refractivity contribution in [3.63, 3.8) is 0 Å². The van der Waals surface area contributed by atoms with Crippen LogP contribution in [-0.4, -0.2) is 37.6 Å². The van der Waals surface area contributed by atoms with E-state index in [9.17, 15) is 5.11 Å². The van der Waals surface area contributed by atoms with E-state index < -0.39 is 6.10 Å². The molecular formula is C22H31NO3. The summed E-state index contributed by atoms with van der Waals surface area (Å²) in [6.45, 7) is 8.15. The molecule has 0 aliphatic rings. The average Bonchev–Trinajstić information content (AvgIpc) is 2.67. The van der Waals surface area contributed by atoms with Crippen LogP contribution >= 0.6 is 0 Å². The molecular weight excluding hydrogens is 326 g/mol. The Hall–Kier alpha value is -1.88. The number of hydrogen-bond donors (Lipinski definition) is 2. The lowest BCUT2D eigenvalue weighted by molar-refractivity contribution is 0.0242. The Morgan fingerprint density at radius 1 is 0.885 bits per heavy atom. The fraction of sp³-hybridized carbons (Fsp3) is 0.455. The lowest BCUT2D eigenvalue weighted by atomic mass is 10.0. The van der Waals surface area contributed by atoms with Crippen LogP contribution in [0.3, 0.4) is 0 Å². The molecule has 0 amide bonds. The highest BCUT2D eigenvalue weighted by Crippen LogP contribution is 2.18. The first-order chi connectivity index (χ1) is 12.6. The molecule has 0 bridgehead atoms. The van der Waals surface area contributed by atoms with E-state index in [4.69, 9.17) is 9.47 Å². The molecule has 0 aliphatic heterocycles. The number of hydrogen-bond acceptors (Lipinski definition) is 4. The number of nitrogens with one attached hydrogen (secondary N) is 1. The Kier molecular flexibility index (Phi) is 8.62. The van der Waals surface area contributed by atoms with Crippen LogP contribution in [0.15, 0.2) is 54.6 Å². The van der Waals surface area contributed by atoms with Gasteiger partial charge < -0.3 is 19.9 Å². The molecule has 0 unspecified atom stereocenters. The second-order valence-electron chi connectivity index (χ2n) is 6.84. The van der Waals surface area contributed by atoms with E-state index in [1.54, 1.807) is 0 Å². The van der Waals surface area contributed by atoms with Gasteiger partial charge in [-0.05, 0) is 36.1 Å². The molecule has 2 aromatic carbocycles. The van der Waals surface area contributed by atoms with Crippen LogP contribution in [-0.2, 0) is 4.74 Å². The van der Waals surface area contributed by atoms with E-state index in [0.717, 1.165) is 5.75 Å². The predicted molar refractivity (Wildman–Crippen MR) is 106 cm³/mol.